The minimum absolute atomic E-state index is 0.0495. The lowest BCUT2D eigenvalue weighted by atomic mass is 10.1. The van der Waals surface area contributed by atoms with E-state index in [1.807, 2.05) is 6.92 Å². The molecule has 0 unspecified atom stereocenters. The summed E-state index contributed by atoms with van der Waals surface area (Å²) >= 11 is 1.22. The van der Waals surface area contributed by atoms with E-state index >= 15 is 0 Å². The number of nitrogens with zero attached hydrogens (tertiary/aromatic N) is 2. The van der Waals surface area contributed by atoms with Gasteiger partial charge < -0.3 is 10.8 Å². The number of nitrogens with one attached hydrogen (secondary N) is 1. The summed E-state index contributed by atoms with van der Waals surface area (Å²) < 4.78 is 1.47. The van der Waals surface area contributed by atoms with E-state index in [1.165, 1.54) is 22.4 Å². The molecule has 0 fully saturated rings. The lowest BCUT2D eigenvalue weighted by molar-refractivity contribution is 0.0697. The highest BCUT2D eigenvalue weighted by atomic mass is 32.2. The van der Waals surface area contributed by atoms with Gasteiger partial charge in [-0.05, 0) is 43.3 Å². The zero-order valence-electron chi connectivity index (χ0n) is 11.0. The van der Waals surface area contributed by atoms with Crippen LogP contribution in [0.25, 0.3) is 0 Å². The number of nitrogen functional groups attached to an aromatic ring is 1. The van der Waals surface area contributed by atoms with Crippen LogP contribution in [0.15, 0.2) is 27.0 Å². The molecule has 8 heteroatoms. The molecule has 1 heterocycles. The molecule has 0 atom stereocenters. The molecule has 2 aromatic rings. The van der Waals surface area contributed by atoms with Crippen LogP contribution in [0.2, 0.25) is 0 Å². The number of carboxylic acid groups (broad SMARTS) is 1. The summed E-state index contributed by atoms with van der Waals surface area (Å²) in [6.45, 7) is 4.05. The number of anilines is 1. The second-order valence-corrected chi connectivity index (χ2v) is 5.20. The van der Waals surface area contributed by atoms with Crippen molar-refractivity contribution in [2.24, 2.45) is 0 Å². The van der Waals surface area contributed by atoms with Gasteiger partial charge >= 0.3 is 11.7 Å². The second kappa shape index (κ2) is 5.41. The summed E-state index contributed by atoms with van der Waals surface area (Å²) in [5.74, 6) is -1.08. The van der Waals surface area contributed by atoms with Crippen LogP contribution in [-0.2, 0) is 6.54 Å². The van der Waals surface area contributed by atoms with Crippen molar-refractivity contribution in [3.05, 3.63) is 33.7 Å². The molecule has 106 valence electrons. The van der Waals surface area contributed by atoms with Crippen LogP contribution >= 0.6 is 11.8 Å². The number of carboxylic acids is 1. The highest BCUT2D eigenvalue weighted by Crippen LogP contribution is 2.30. The number of aryl methyl sites for hydroxylation is 1. The van der Waals surface area contributed by atoms with E-state index in [9.17, 15) is 9.59 Å². The number of hydrogen-bond acceptors (Lipinski definition) is 5. The zero-order valence-corrected chi connectivity index (χ0v) is 11.8. The molecule has 1 aromatic heterocycles. The van der Waals surface area contributed by atoms with Gasteiger partial charge in [0.1, 0.15) is 0 Å². The topological polar surface area (TPSA) is 114 Å². The largest absolute Gasteiger partial charge is 0.478 e. The van der Waals surface area contributed by atoms with Crippen LogP contribution in [0.5, 0.6) is 0 Å². The molecule has 2 rings (SSSR count). The summed E-state index contributed by atoms with van der Waals surface area (Å²) in [7, 11) is 0. The van der Waals surface area contributed by atoms with Crippen LogP contribution < -0.4 is 11.4 Å². The van der Waals surface area contributed by atoms with Gasteiger partial charge in [0, 0.05) is 17.1 Å². The first-order valence-electron chi connectivity index (χ1n) is 5.90. The van der Waals surface area contributed by atoms with E-state index < -0.39 is 5.97 Å². The molecule has 0 aliphatic heterocycles. The predicted octanol–water partition coefficient (Wildman–Crippen LogP) is 1.33. The van der Waals surface area contributed by atoms with E-state index in [2.05, 4.69) is 10.2 Å². The smallest absolute Gasteiger partial charge is 0.343 e. The first-order valence-corrected chi connectivity index (χ1v) is 6.72. The Morgan fingerprint density at radius 2 is 2.25 bits per heavy atom. The van der Waals surface area contributed by atoms with Crippen molar-refractivity contribution in [1.82, 2.24) is 14.8 Å². The molecule has 1 aromatic carbocycles. The van der Waals surface area contributed by atoms with Crippen molar-refractivity contribution in [3.8, 4) is 0 Å². The molecule has 0 bridgehead atoms. The summed E-state index contributed by atoms with van der Waals surface area (Å²) in [5, 5.41) is 15.9. The van der Waals surface area contributed by atoms with Crippen molar-refractivity contribution in [2.75, 3.05) is 5.73 Å². The number of rotatable bonds is 4. The number of carbonyl (C=O) groups is 1. The Kier molecular flexibility index (Phi) is 3.84. The highest BCUT2D eigenvalue weighted by molar-refractivity contribution is 7.99. The lowest BCUT2D eigenvalue weighted by Gasteiger charge is -2.08. The standard InChI is InChI=1S/C12H14N4O3S/c1-3-16-11(19)14-15-12(16)20-7-4-6(2)9(13)8(5-7)10(17)18/h4-5H,3,13H2,1-2H3,(H,14,19)(H,17,18). The fourth-order valence-corrected chi connectivity index (χ4v) is 2.80. The van der Waals surface area contributed by atoms with Gasteiger partial charge in [0.05, 0.1) is 5.56 Å². The monoisotopic (exact) mass is 294 g/mol. The maximum atomic E-state index is 11.5. The Balaban J connectivity index is 2.44. The Bertz CT molecular complexity index is 720. The zero-order chi connectivity index (χ0) is 14.9. The van der Waals surface area contributed by atoms with E-state index in [1.54, 1.807) is 13.0 Å². The molecule has 7 nitrogen and oxygen atoms in total. The van der Waals surface area contributed by atoms with Crippen LogP contribution in [0, 0.1) is 6.92 Å². The van der Waals surface area contributed by atoms with Gasteiger partial charge in [-0.25, -0.2) is 14.7 Å². The van der Waals surface area contributed by atoms with Crippen LogP contribution in [-0.4, -0.2) is 25.8 Å². The molecular weight excluding hydrogens is 280 g/mol. The van der Waals surface area contributed by atoms with Crippen LogP contribution in [0.3, 0.4) is 0 Å². The quantitative estimate of drug-likeness (QED) is 0.733. The van der Waals surface area contributed by atoms with Gasteiger partial charge in [-0.15, -0.1) is 5.10 Å². The minimum atomic E-state index is -1.08. The van der Waals surface area contributed by atoms with Gasteiger partial charge in [0.2, 0.25) is 0 Å². The molecule has 0 amide bonds. The molecule has 20 heavy (non-hydrogen) atoms. The number of aromatic nitrogens is 3. The van der Waals surface area contributed by atoms with E-state index in [4.69, 9.17) is 10.8 Å². The third-order valence-corrected chi connectivity index (χ3v) is 3.81. The number of hydrogen-bond donors (Lipinski definition) is 3. The second-order valence-electron chi connectivity index (χ2n) is 4.16. The number of aromatic amines is 1. The van der Waals surface area contributed by atoms with Gasteiger partial charge in [0.25, 0.3) is 0 Å². The summed E-state index contributed by atoms with van der Waals surface area (Å²) in [5.41, 5.74) is 6.42. The molecule has 0 saturated heterocycles. The summed E-state index contributed by atoms with van der Waals surface area (Å²) in [6, 6.07) is 3.25. The Hall–Kier alpha value is -2.22. The fourth-order valence-electron chi connectivity index (χ4n) is 1.77. The predicted molar refractivity (Wildman–Crippen MR) is 75.2 cm³/mol. The van der Waals surface area contributed by atoms with E-state index in [-0.39, 0.29) is 16.9 Å². The van der Waals surface area contributed by atoms with Gasteiger partial charge in [-0.1, -0.05) is 0 Å². The van der Waals surface area contributed by atoms with Crippen LogP contribution in [0.4, 0.5) is 5.69 Å². The molecule has 0 aliphatic rings. The van der Waals surface area contributed by atoms with Crippen LogP contribution in [0.1, 0.15) is 22.8 Å². The maximum absolute atomic E-state index is 11.5. The van der Waals surface area contributed by atoms with Crippen molar-refractivity contribution in [3.63, 3.8) is 0 Å². The summed E-state index contributed by atoms with van der Waals surface area (Å²) in [4.78, 5) is 23.3. The van der Waals surface area contributed by atoms with Crippen molar-refractivity contribution >= 4 is 23.4 Å². The van der Waals surface area contributed by atoms with Gasteiger partial charge in [-0.3, -0.25) is 4.57 Å². The third kappa shape index (κ3) is 2.55. The molecule has 0 spiro atoms. The lowest BCUT2D eigenvalue weighted by Crippen LogP contribution is -2.16. The average Bonchev–Trinajstić information content (AvgIpc) is 2.73. The number of benzene rings is 1. The number of aromatic carboxylic acids is 1. The minimum Gasteiger partial charge on any atom is -0.478 e. The molecule has 0 radical (unpaired) electrons. The van der Waals surface area contributed by atoms with Gasteiger partial charge in [0.15, 0.2) is 5.16 Å². The van der Waals surface area contributed by atoms with E-state index in [0.717, 1.165) is 0 Å². The fraction of sp³-hybridized carbons (Fsp3) is 0.250. The first kappa shape index (κ1) is 14.2. The number of nitrogens with two attached hydrogens (primary N) is 1. The Morgan fingerprint density at radius 1 is 1.55 bits per heavy atom. The summed E-state index contributed by atoms with van der Waals surface area (Å²) in [6.07, 6.45) is 0. The normalized spacial score (nSPS) is 10.7. The average molecular weight is 294 g/mol. The maximum Gasteiger partial charge on any atom is 0.343 e. The van der Waals surface area contributed by atoms with Crippen molar-refractivity contribution in [2.45, 2.75) is 30.4 Å². The first-order chi connectivity index (χ1) is 9.43. The Labute approximate surface area is 118 Å². The number of H-pyrrole nitrogens is 1. The molecular formula is C12H14N4O3S. The molecule has 0 aliphatic carbocycles. The third-order valence-electron chi connectivity index (χ3n) is 2.84. The molecule has 0 saturated carbocycles. The van der Waals surface area contributed by atoms with Crippen molar-refractivity contribution in [1.29, 1.82) is 0 Å². The van der Waals surface area contributed by atoms with Crippen molar-refractivity contribution < 1.29 is 9.90 Å². The Morgan fingerprint density at radius 3 is 2.85 bits per heavy atom. The van der Waals surface area contributed by atoms with E-state index in [0.29, 0.717) is 22.2 Å². The SMILES string of the molecule is CCn1c(Sc2cc(C)c(N)c(C(=O)O)c2)n[nH]c1=O. The molecule has 4 N–H and O–H groups in total. The highest BCUT2D eigenvalue weighted by Gasteiger charge is 2.14. The van der Waals surface area contributed by atoms with Gasteiger partial charge in [-0.2, -0.15) is 0 Å².